The zero-order chi connectivity index (χ0) is 12.7. The summed E-state index contributed by atoms with van der Waals surface area (Å²) in [4.78, 5) is 15.1. The van der Waals surface area contributed by atoms with E-state index in [1.165, 1.54) is 11.3 Å². The van der Waals surface area contributed by atoms with Gasteiger partial charge >= 0.3 is 0 Å². The summed E-state index contributed by atoms with van der Waals surface area (Å²) in [6.07, 6.45) is 7.84. The van der Waals surface area contributed by atoms with Crippen LogP contribution in [0, 0.1) is 0 Å². The van der Waals surface area contributed by atoms with Crippen molar-refractivity contribution in [1.29, 1.82) is 0 Å². The minimum atomic E-state index is -0.457. The fraction of sp³-hybridized carbons (Fsp3) is 0.167. The van der Waals surface area contributed by atoms with Crippen LogP contribution in [0.5, 0.6) is 0 Å². The normalized spacial score (nSPS) is 11.8. The Balaban J connectivity index is 2.78. The van der Waals surface area contributed by atoms with Crippen LogP contribution >= 0.6 is 11.3 Å². The van der Waals surface area contributed by atoms with Crippen molar-refractivity contribution in [2.75, 3.05) is 5.32 Å². The van der Waals surface area contributed by atoms with Gasteiger partial charge in [-0.1, -0.05) is 24.8 Å². The topological polar surface area (TPSA) is 42.0 Å². The Hall–Kier alpha value is -1.75. The van der Waals surface area contributed by atoms with Gasteiger partial charge < -0.3 is 5.32 Å². The molecule has 0 unspecified atom stereocenters. The van der Waals surface area contributed by atoms with Crippen molar-refractivity contribution < 1.29 is 9.18 Å². The van der Waals surface area contributed by atoms with Crippen LogP contribution in [0.15, 0.2) is 42.4 Å². The van der Waals surface area contributed by atoms with Gasteiger partial charge in [0.05, 0.1) is 0 Å². The van der Waals surface area contributed by atoms with Crippen molar-refractivity contribution in [1.82, 2.24) is 4.98 Å². The van der Waals surface area contributed by atoms with Crippen molar-refractivity contribution in [3.05, 3.63) is 47.3 Å². The summed E-state index contributed by atoms with van der Waals surface area (Å²) in [6.45, 7) is 5.15. The molecule has 0 aromatic carbocycles. The summed E-state index contributed by atoms with van der Waals surface area (Å²) in [5.41, 5.74) is 0.504. The molecule has 0 saturated heterocycles. The summed E-state index contributed by atoms with van der Waals surface area (Å²) in [5.74, 6) is -0.457. The average Bonchev–Trinajstić information content (AvgIpc) is 2.72. The van der Waals surface area contributed by atoms with Gasteiger partial charge in [-0.3, -0.25) is 4.79 Å². The lowest BCUT2D eigenvalue weighted by Crippen LogP contribution is -1.90. The highest BCUT2D eigenvalue weighted by atomic mass is 32.1. The number of nitrogens with one attached hydrogen (secondary N) is 1. The highest BCUT2D eigenvalue weighted by molar-refractivity contribution is 7.15. The van der Waals surface area contributed by atoms with E-state index in [0.29, 0.717) is 23.5 Å². The summed E-state index contributed by atoms with van der Waals surface area (Å²) in [7, 11) is 0. The third-order valence-corrected chi connectivity index (χ3v) is 2.87. The number of anilines is 1. The predicted octanol–water partition coefficient (Wildman–Crippen LogP) is 3.24. The second-order valence-electron chi connectivity index (χ2n) is 3.19. The van der Waals surface area contributed by atoms with Crippen LogP contribution < -0.4 is 5.32 Å². The Morgan fingerprint density at radius 2 is 2.47 bits per heavy atom. The van der Waals surface area contributed by atoms with Crippen LogP contribution in [-0.4, -0.2) is 11.4 Å². The number of hydrogen-bond donors (Lipinski definition) is 1. The first kappa shape index (κ1) is 13.3. The third kappa shape index (κ3) is 4.32. The molecule has 1 rings (SSSR count). The number of nitrogens with zero attached hydrogens (tertiary/aromatic N) is 1. The number of amides is 1. The molecule has 1 aromatic heterocycles. The van der Waals surface area contributed by atoms with E-state index < -0.39 is 5.83 Å². The molecule has 5 heteroatoms. The van der Waals surface area contributed by atoms with E-state index >= 15 is 0 Å². The summed E-state index contributed by atoms with van der Waals surface area (Å²) in [6, 6.07) is 0. The molecule has 17 heavy (non-hydrogen) atoms. The highest BCUT2D eigenvalue weighted by Gasteiger charge is 2.06. The molecule has 1 amide bonds. The molecule has 1 N–H and O–H groups in total. The summed E-state index contributed by atoms with van der Waals surface area (Å²) >= 11 is 1.31. The van der Waals surface area contributed by atoms with E-state index in [1.807, 2.05) is 13.0 Å². The van der Waals surface area contributed by atoms with Crippen LogP contribution in [0.25, 0.3) is 0 Å². The van der Waals surface area contributed by atoms with Crippen molar-refractivity contribution in [2.45, 2.75) is 13.3 Å². The molecular formula is C12H13FN2OS. The molecule has 90 valence electrons. The Bertz CT molecular complexity index is 463. The minimum Gasteiger partial charge on any atom is -0.305 e. The smallest absolute Gasteiger partial charge is 0.213 e. The molecule has 0 aliphatic carbocycles. The summed E-state index contributed by atoms with van der Waals surface area (Å²) in [5, 5.41) is 2.96. The quantitative estimate of drug-likeness (QED) is 0.624. The van der Waals surface area contributed by atoms with Gasteiger partial charge in [0.15, 0.2) is 5.13 Å². The molecule has 1 heterocycles. The van der Waals surface area contributed by atoms with Crippen LogP contribution in [-0.2, 0) is 11.2 Å². The van der Waals surface area contributed by atoms with Crippen molar-refractivity contribution in [3.63, 3.8) is 0 Å². The second-order valence-corrected chi connectivity index (χ2v) is 4.31. The summed E-state index contributed by atoms with van der Waals surface area (Å²) < 4.78 is 13.1. The van der Waals surface area contributed by atoms with Crippen molar-refractivity contribution >= 4 is 22.9 Å². The Kier molecular flexibility index (Phi) is 5.29. The first-order chi connectivity index (χ1) is 8.17. The van der Waals surface area contributed by atoms with Crippen LogP contribution in [0.4, 0.5) is 9.52 Å². The molecule has 0 fully saturated rings. The van der Waals surface area contributed by atoms with E-state index in [0.717, 1.165) is 4.88 Å². The van der Waals surface area contributed by atoms with E-state index in [9.17, 15) is 9.18 Å². The SMILES string of the molecule is C=C(F)/C(=C\C=C/C)Cc1cnc(NC=O)s1. The lowest BCUT2D eigenvalue weighted by Gasteiger charge is -2.00. The van der Waals surface area contributed by atoms with Crippen LogP contribution in [0.2, 0.25) is 0 Å². The Labute approximate surface area is 103 Å². The van der Waals surface area contributed by atoms with Crippen LogP contribution in [0.3, 0.4) is 0 Å². The van der Waals surface area contributed by atoms with Crippen molar-refractivity contribution in [3.8, 4) is 0 Å². The van der Waals surface area contributed by atoms with Crippen LogP contribution in [0.1, 0.15) is 11.8 Å². The average molecular weight is 252 g/mol. The molecule has 0 saturated carbocycles. The minimum absolute atomic E-state index is 0.415. The maximum Gasteiger partial charge on any atom is 0.213 e. The van der Waals surface area contributed by atoms with E-state index in [1.54, 1.807) is 18.3 Å². The van der Waals surface area contributed by atoms with E-state index in [2.05, 4.69) is 16.9 Å². The van der Waals surface area contributed by atoms with Gasteiger partial charge in [-0.05, 0) is 12.5 Å². The zero-order valence-electron chi connectivity index (χ0n) is 9.44. The molecular weight excluding hydrogens is 239 g/mol. The first-order valence-electron chi connectivity index (χ1n) is 4.99. The molecule has 0 radical (unpaired) electrons. The number of thiazole rings is 1. The van der Waals surface area contributed by atoms with E-state index in [-0.39, 0.29) is 0 Å². The maximum atomic E-state index is 13.1. The number of carbonyl (C=O) groups excluding carboxylic acids is 1. The molecule has 0 aliphatic heterocycles. The van der Waals surface area contributed by atoms with Gasteiger partial charge in [0.25, 0.3) is 0 Å². The molecule has 0 bridgehead atoms. The number of allylic oxidation sites excluding steroid dienone is 5. The van der Waals surface area contributed by atoms with Crippen molar-refractivity contribution in [2.24, 2.45) is 0 Å². The largest absolute Gasteiger partial charge is 0.305 e. The van der Waals surface area contributed by atoms with Gasteiger partial charge in [-0.15, -0.1) is 11.3 Å². The number of rotatable bonds is 6. The van der Waals surface area contributed by atoms with Gasteiger partial charge in [0, 0.05) is 17.5 Å². The molecule has 3 nitrogen and oxygen atoms in total. The van der Waals surface area contributed by atoms with Gasteiger partial charge in [0.2, 0.25) is 6.41 Å². The fourth-order valence-corrected chi connectivity index (χ4v) is 1.95. The maximum absolute atomic E-state index is 13.1. The van der Waals surface area contributed by atoms with Gasteiger partial charge in [-0.2, -0.15) is 0 Å². The lowest BCUT2D eigenvalue weighted by molar-refractivity contribution is -0.105. The Morgan fingerprint density at radius 3 is 3.06 bits per heavy atom. The second kappa shape index (κ2) is 6.75. The number of carbonyl (C=O) groups is 1. The zero-order valence-corrected chi connectivity index (χ0v) is 10.3. The molecule has 1 aromatic rings. The standard InChI is InChI=1S/C12H13FN2OS/c1-3-4-5-10(9(2)13)6-11-7-14-12(17-11)15-8-16/h3-5,7-8H,2,6H2,1H3,(H,14,15,16)/b4-3-,10-5-. The number of aromatic nitrogens is 1. The number of hydrogen-bond acceptors (Lipinski definition) is 3. The van der Waals surface area contributed by atoms with Gasteiger partial charge in [-0.25, -0.2) is 9.37 Å². The lowest BCUT2D eigenvalue weighted by atomic mass is 10.1. The Morgan fingerprint density at radius 1 is 1.71 bits per heavy atom. The number of halogens is 1. The fourth-order valence-electron chi connectivity index (χ4n) is 1.15. The third-order valence-electron chi connectivity index (χ3n) is 1.94. The van der Waals surface area contributed by atoms with E-state index in [4.69, 9.17) is 0 Å². The molecule has 0 aliphatic rings. The first-order valence-corrected chi connectivity index (χ1v) is 5.80. The predicted molar refractivity (Wildman–Crippen MR) is 68.6 cm³/mol. The monoisotopic (exact) mass is 252 g/mol. The molecule has 0 atom stereocenters. The highest BCUT2D eigenvalue weighted by Crippen LogP contribution is 2.23. The molecule has 0 spiro atoms. The van der Waals surface area contributed by atoms with Gasteiger partial charge in [0.1, 0.15) is 5.83 Å².